The summed E-state index contributed by atoms with van der Waals surface area (Å²) in [4.78, 5) is 12.1. The third-order valence-electron chi connectivity index (χ3n) is 4.43. The number of aromatic nitrogens is 2. The third kappa shape index (κ3) is 4.80. The Hall–Kier alpha value is -3.08. The maximum atomic E-state index is 12.1. The van der Waals surface area contributed by atoms with Crippen molar-refractivity contribution in [2.75, 3.05) is 0 Å². The van der Waals surface area contributed by atoms with Crippen LogP contribution in [0.15, 0.2) is 54.6 Å². The van der Waals surface area contributed by atoms with Crippen molar-refractivity contribution >= 4 is 5.91 Å². The van der Waals surface area contributed by atoms with E-state index in [0.717, 1.165) is 22.7 Å². The fraction of sp³-hybridized carbons (Fsp3) is 0.304. The molecule has 5 heteroatoms. The molecule has 0 unspecified atom stereocenters. The molecule has 2 aromatic carbocycles. The average Bonchev–Trinajstić information content (AvgIpc) is 2.97. The number of rotatable bonds is 7. The molecule has 0 saturated heterocycles. The van der Waals surface area contributed by atoms with Crippen molar-refractivity contribution in [2.24, 2.45) is 0 Å². The van der Waals surface area contributed by atoms with E-state index in [0.29, 0.717) is 18.7 Å². The van der Waals surface area contributed by atoms with Gasteiger partial charge in [0.15, 0.2) is 0 Å². The minimum absolute atomic E-state index is 0.0307. The van der Waals surface area contributed by atoms with Crippen molar-refractivity contribution in [1.82, 2.24) is 15.1 Å². The SMILES string of the molecule is Cc1ccc(Oc2c(CCC(=O)NC(C)C)c(C)nn2-c2ccccc2)cc1. The summed E-state index contributed by atoms with van der Waals surface area (Å²) in [5, 5.41) is 7.63. The van der Waals surface area contributed by atoms with Gasteiger partial charge in [-0.3, -0.25) is 4.79 Å². The van der Waals surface area contributed by atoms with E-state index in [4.69, 9.17) is 9.84 Å². The van der Waals surface area contributed by atoms with Crippen LogP contribution in [0.25, 0.3) is 5.69 Å². The first-order chi connectivity index (χ1) is 13.4. The molecule has 1 N–H and O–H groups in total. The lowest BCUT2D eigenvalue weighted by Gasteiger charge is -2.12. The van der Waals surface area contributed by atoms with Gasteiger partial charge in [0.1, 0.15) is 5.75 Å². The van der Waals surface area contributed by atoms with E-state index in [1.165, 1.54) is 5.56 Å². The minimum Gasteiger partial charge on any atom is -0.439 e. The van der Waals surface area contributed by atoms with Gasteiger partial charge < -0.3 is 10.1 Å². The van der Waals surface area contributed by atoms with Crippen LogP contribution < -0.4 is 10.1 Å². The third-order valence-corrected chi connectivity index (χ3v) is 4.43. The lowest BCUT2D eigenvalue weighted by molar-refractivity contribution is -0.121. The largest absolute Gasteiger partial charge is 0.439 e. The number of nitrogens with one attached hydrogen (secondary N) is 1. The molecular weight excluding hydrogens is 350 g/mol. The molecule has 0 aliphatic rings. The van der Waals surface area contributed by atoms with Crippen LogP contribution in [0, 0.1) is 13.8 Å². The summed E-state index contributed by atoms with van der Waals surface area (Å²) >= 11 is 0. The Kier molecular flexibility index (Phi) is 6.14. The molecule has 5 nitrogen and oxygen atoms in total. The summed E-state index contributed by atoms with van der Waals surface area (Å²) < 4.78 is 8.06. The Morgan fingerprint density at radius 2 is 1.75 bits per heavy atom. The van der Waals surface area contributed by atoms with Crippen molar-refractivity contribution in [3.8, 4) is 17.3 Å². The molecule has 3 aromatic rings. The molecule has 0 spiro atoms. The number of ether oxygens (including phenoxy) is 1. The van der Waals surface area contributed by atoms with Gasteiger partial charge in [-0.15, -0.1) is 0 Å². The van der Waals surface area contributed by atoms with Gasteiger partial charge in [0.05, 0.1) is 11.4 Å². The van der Waals surface area contributed by atoms with Crippen LogP contribution in [0.2, 0.25) is 0 Å². The van der Waals surface area contributed by atoms with Gasteiger partial charge in [-0.25, -0.2) is 4.68 Å². The molecule has 0 fully saturated rings. The summed E-state index contributed by atoms with van der Waals surface area (Å²) in [5.74, 6) is 1.43. The van der Waals surface area contributed by atoms with Crippen molar-refractivity contribution in [1.29, 1.82) is 0 Å². The summed E-state index contributed by atoms with van der Waals surface area (Å²) in [5.41, 5.74) is 3.91. The summed E-state index contributed by atoms with van der Waals surface area (Å²) in [6, 6.07) is 17.9. The second-order valence-corrected chi connectivity index (χ2v) is 7.25. The lowest BCUT2D eigenvalue weighted by atomic mass is 10.1. The van der Waals surface area contributed by atoms with E-state index in [2.05, 4.69) is 5.32 Å². The van der Waals surface area contributed by atoms with Gasteiger partial charge in [0.2, 0.25) is 11.8 Å². The Balaban J connectivity index is 1.94. The molecule has 1 amide bonds. The maximum Gasteiger partial charge on any atom is 0.226 e. The average molecular weight is 377 g/mol. The van der Waals surface area contributed by atoms with Crippen LogP contribution in [0.5, 0.6) is 11.6 Å². The van der Waals surface area contributed by atoms with Crippen LogP contribution in [0.1, 0.15) is 37.1 Å². The predicted octanol–water partition coefficient (Wildman–Crippen LogP) is 4.74. The van der Waals surface area contributed by atoms with Crippen molar-refractivity contribution in [3.63, 3.8) is 0 Å². The number of hydrogen-bond acceptors (Lipinski definition) is 3. The van der Waals surface area contributed by atoms with Crippen molar-refractivity contribution < 1.29 is 9.53 Å². The Morgan fingerprint density at radius 3 is 2.39 bits per heavy atom. The molecule has 0 aliphatic carbocycles. The van der Waals surface area contributed by atoms with Gasteiger partial charge >= 0.3 is 0 Å². The highest BCUT2D eigenvalue weighted by atomic mass is 16.5. The van der Waals surface area contributed by atoms with E-state index in [1.807, 2.05) is 87.0 Å². The first-order valence-corrected chi connectivity index (χ1v) is 9.62. The quantitative estimate of drug-likeness (QED) is 0.647. The second kappa shape index (κ2) is 8.74. The molecule has 0 radical (unpaired) electrons. The number of amides is 1. The number of para-hydroxylation sites is 1. The highest BCUT2D eigenvalue weighted by Gasteiger charge is 2.20. The first-order valence-electron chi connectivity index (χ1n) is 9.62. The normalized spacial score (nSPS) is 10.9. The van der Waals surface area contributed by atoms with Gasteiger partial charge in [0, 0.05) is 18.0 Å². The van der Waals surface area contributed by atoms with Crippen LogP contribution >= 0.6 is 0 Å². The zero-order valence-corrected chi connectivity index (χ0v) is 16.9. The van der Waals surface area contributed by atoms with Gasteiger partial charge in [-0.2, -0.15) is 5.10 Å². The van der Waals surface area contributed by atoms with E-state index in [-0.39, 0.29) is 11.9 Å². The van der Waals surface area contributed by atoms with Crippen molar-refractivity contribution in [2.45, 2.75) is 46.6 Å². The molecular formula is C23H27N3O2. The molecule has 146 valence electrons. The summed E-state index contributed by atoms with van der Waals surface area (Å²) in [6.45, 7) is 7.92. The van der Waals surface area contributed by atoms with Gasteiger partial charge in [-0.1, -0.05) is 35.9 Å². The molecule has 0 atom stereocenters. The summed E-state index contributed by atoms with van der Waals surface area (Å²) in [6.07, 6.45) is 0.960. The Labute approximate surface area is 166 Å². The fourth-order valence-corrected chi connectivity index (χ4v) is 3.03. The number of benzene rings is 2. The smallest absolute Gasteiger partial charge is 0.226 e. The number of aryl methyl sites for hydroxylation is 2. The van der Waals surface area contributed by atoms with E-state index in [1.54, 1.807) is 0 Å². The van der Waals surface area contributed by atoms with Crippen LogP contribution in [-0.4, -0.2) is 21.7 Å². The fourth-order valence-electron chi connectivity index (χ4n) is 3.03. The monoisotopic (exact) mass is 377 g/mol. The van der Waals surface area contributed by atoms with Crippen molar-refractivity contribution in [3.05, 3.63) is 71.4 Å². The zero-order valence-electron chi connectivity index (χ0n) is 16.9. The lowest BCUT2D eigenvalue weighted by Crippen LogP contribution is -2.30. The van der Waals surface area contributed by atoms with Gasteiger partial charge in [-0.05, 0) is 58.4 Å². The standard InChI is InChI=1S/C23H27N3O2/c1-16(2)24-22(27)15-14-21-18(4)25-26(19-8-6-5-7-9-19)23(21)28-20-12-10-17(3)11-13-20/h5-13,16H,14-15H2,1-4H3,(H,24,27). The number of carbonyl (C=O) groups is 1. The van der Waals surface area contributed by atoms with Gasteiger partial charge in [0.25, 0.3) is 0 Å². The molecule has 0 saturated carbocycles. The maximum absolute atomic E-state index is 12.1. The highest BCUT2D eigenvalue weighted by Crippen LogP contribution is 2.31. The highest BCUT2D eigenvalue weighted by molar-refractivity contribution is 5.76. The predicted molar refractivity (Wildman–Crippen MR) is 111 cm³/mol. The minimum atomic E-state index is 0.0307. The Bertz CT molecular complexity index is 928. The van der Waals surface area contributed by atoms with Crippen LogP contribution in [-0.2, 0) is 11.2 Å². The molecule has 28 heavy (non-hydrogen) atoms. The summed E-state index contributed by atoms with van der Waals surface area (Å²) in [7, 11) is 0. The van der Waals surface area contributed by atoms with E-state index in [9.17, 15) is 4.79 Å². The molecule has 0 aliphatic heterocycles. The number of carbonyl (C=O) groups excluding carboxylic acids is 1. The molecule has 1 heterocycles. The molecule has 3 rings (SSSR count). The van der Waals surface area contributed by atoms with E-state index >= 15 is 0 Å². The molecule has 1 aromatic heterocycles. The van der Waals surface area contributed by atoms with Crippen LogP contribution in [0.4, 0.5) is 0 Å². The van der Waals surface area contributed by atoms with Crippen LogP contribution in [0.3, 0.4) is 0 Å². The molecule has 0 bridgehead atoms. The topological polar surface area (TPSA) is 56.1 Å². The Morgan fingerprint density at radius 1 is 1.07 bits per heavy atom. The van der Waals surface area contributed by atoms with E-state index < -0.39 is 0 Å². The number of nitrogens with zero attached hydrogens (tertiary/aromatic N) is 2. The second-order valence-electron chi connectivity index (χ2n) is 7.25. The zero-order chi connectivity index (χ0) is 20.1. The number of hydrogen-bond donors (Lipinski definition) is 1. The first kappa shape index (κ1) is 19.7.